The van der Waals surface area contributed by atoms with Gasteiger partial charge in [-0.05, 0) is 35.2 Å². The third kappa shape index (κ3) is 2.05. The smallest absolute Gasteiger partial charge is 0.123 e. The molecule has 0 N–H and O–H groups in total. The van der Waals surface area contributed by atoms with Crippen LogP contribution < -0.4 is 4.74 Å². The number of benzene rings is 2. The molecule has 3 nitrogen and oxygen atoms in total. The van der Waals surface area contributed by atoms with Gasteiger partial charge in [-0.2, -0.15) is 5.26 Å². The van der Waals surface area contributed by atoms with Crippen molar-refractivity contribution in [2.45, 2.75) is 19.1 Å². The highest BCUT2D eigenvalue weighted by atomic mass is 16.5. The predicted molar refractivity (Wildman–Crippen MR) is 81.2 cm³/mol. The molecular weight excluding hydrogens is 260 g/mol. The highest BCUT2D eigenvalue weighted by Gasteiger charge is 2.22. The van der Waals surface area contributed by atoms with E-state index >= 15 is 0 Å². The lowest BCUT2D eigenvalue weighted by Crippen LogP contribution is -2.20. The maximum Gasteiger partial charge on any atom is 0.123 e. The molecule has 0 spiro atoms. The molecule has 102 valence electrons. The summed E-state index contributed by atoms with van der Waals surface area (Å²) in [6.45, 7) is 0.799. The van der Waals surface area contributed by atoms with Crippen molar-refractivity contribution in [3.05, 3.63) is 65.9 Å². The van der Waals surface area contributed by atoms with E-state index in [4.69, 9.17) is 10.00 Å². The fourth-order valence-electron chi connectivity index (χ4n) is 2.99. The number of aromatic nitrogens is 1. The third-order valence-electron chi connectivity index (χ3n) is 4.02. The van der Waals surface area contributed by atoms with Crippen LogP contribution in [0.15, 0.2) is 54.7 Å². The third-order valence-corrected chi connectivity index (χ3v) is 4.02. The number of fused-ring (bicyclic) bond motifs is 2. The Kier molecular flexibility index (Phi) is 2.68. The number of rotatable bonds is 2. The van der Waals surface area contributed by atoms with Crippen molar-refractivity contribution in [3.63, 3.8) is 0 Å². The van der Waals surface area contributed by atoms with Gasteiger partial charge < -0.3 is 9.30 Å². The minimum absolute atomic E-state index is 0.156. The number of ether oxygens (including phenoxy) is 1. The molecule has 0 fully saturated rings. The van der Waals surface area contributed by atoms with Crippen LogP contribution in [0, 0.1) is 11.3 Å². The van der Waals surface area contributed by atoms with Crippen molar-refractivity contribution < 1.29 is 4.74 Å². The summed E-state index contributed by atoms with van der Waals surface area (Å²) >= 11 is 0. The fraction of sp³-hybridized carbons (Fsp3) is 0.167. The van der Waals surface area contributed by atoms with Crippen molar-refractivity contribution in [2.24, 2.45) is 0 Å². The second-order valence-corrected chi connectivity index (χ2v) is 5.41. The van der Waals surface area contributed by atoms with E-state index in [1.54, 1.807) is 0 Å². The summed E-state index contributed by atoms with van der Waals surface area (Å²) in [7, 11) is 0. The van der Waals surface area contributed by atoms with E-state index in [-0.39, 0.29) is 6.10 Å². The zero-order chi connectivity index (χ0) is 14.2. The second kappa shape index (κ2) is 4.68. The number of nitriles is 1. The summed E-state index contributed by atoms with van der Waals surface area (Å²) in [5.41, 5.74) is 3.06. The van der Waals surface area contributed by atoms with Crippen LogP contribution in [0.3, 0.4) is 0 Å². The summed E-state index contributed by atoms with van der Waals surface area (Å²) in [6, 6.07) is 18.3. The van der Waals surface area contributed by atoms with E-state index in [1.165, 1.54) is 5.56 Å². The molecule has 1 atom stereocenters. The average Bonchev–Trinajstić information content (AvgIpc) is 3.10. The molecule has 0 bridgehead atoms. The molecule has 2 heterocycles. The molecule has 0 amide bonds. The van der Waals surface area contributed by atoms with E-state index in [0.717, 1.165) is 29.6 Å². The van der Waals surface area contributed by atoms with Gasteiger partial charge in [-0.25, -0.2) is 0 Å². The molecule has 1 unspecified atom stereocenters. The molecule has 1 aliphatic heterocycles. The Hall–Kier alpha value is -2.73. The van der Waals surface area contributed by atoms with Gasteiger partial charge in [-0.1, -0.05) is 24.3 Å². The molecule has 3 aromatic rings. The summed E-state index contributed by atoms with van der Waals surface area (Å²) in [5, 5.41) is 10.2. The summed E-state index contributed by atoms with van der Waals surface area (Å²) < 4.78 is 8.17. The van der Waals surface area contributed by atoms with Gasteiger partial charge in [0.15, 0.2) is 0 Å². The first kappa shape index (κ1) is 12.0. The summed E-state index contributed by atoms with van der Waals surface area (Å²) in [5.74, 6) is 0.997. The molecule has 21 heavy (non-hydrogen) atoms. The Morgan fingerprint density at radius 2 is 2.10 bits per heavy atom. The first-order chi connectivity index (χ1) is 10.3. The van der Waals surface area contributed by atoms with Crippen LogP contribution >= 0.6 is 0 Å². The lowest BCUT2D eigenvalue weighted by Gasteiger charge is -2.13. The molecule has 0 aliphatic carbocycles. The number of nitrogens with zero attached hydrogens (tertiary/aromatic N) is 2. The SMILES string of the molecule is N#Cc1ccc2ccn(CC3Cc4ccccc4O3)c2c1. The molecule has 0 saturated carbocycles. The Labute approximate surface area is 123 Å². The number of hydrogen-bond donors (Lipinski definition) is 0. The predicted octanol–water partition coefficient (Wildman–Crippen LogP) is 3.52. The first-order valence-electron chi connectivity index (χ1n) is 7.07. The zero-order valence-electron chi connectivity index (χ0n) is 11.5. The molecule has 3 heteroatoms. The van der Waals surface area contributed by atoms with Gasteiger partial charge in [0.25, 0.3) is 0 Å². The minimum atomic E-state index is 0.156. The molecular formula is C18H14N2O. The van der Waals surface area contributed by atoms with Gasteiger partial charge in [0.1, 0.15) is 11.9 Å². The van der Waals surface area contributed by atoms with E-state index in [1.807, 2.05) is 30.3 Å². The van der Waals surface area contributed by atoms with Crippen LogP contribution in [0.2, 0.25) is 0 Å². The van der Waals surface area contributed by atoms with Crippen LogP contribution in [0.5, 0.6) is 5.75 Å². The van der Waals surface area contributed by atoms with Crippen molar-refractivity contribution in [3.8, 4) is 11.8 Å². The summed E-state index contributed by atoms with van der Waals surface area (Å²) in [4.78, 5) is 0. The highest BCUT2D eigenvalue weighted by molar-refractivity contribution is 5.81. The van der Waals surface area contributed by atoms with Crippen LogP contribution in [-0.2, 0) is 13.0 Å². The normalized spacial score (nSPS) is 16.4. The highest BCUT2D eigenvalue weighted by Crippen LogP contribution is 2.29. The topological polar surface area (TPSA) is 38.0 Å². The summed E-state index contributed by atoms with van der Waals surface area (Å²) in [6.07, 6.45) is 3.16. The molecule has 4 rings (SSSR count). The Bertz CT molecular complexity index is 832. The standard InChI is InChI=1S/C18H14N2O/c19-11-13-5-6-14-7-8-20(17(14)9-13)12-16-10-15-3-1-2-4-18(15)21-16/h1-9,16H,10,12H2. The lowest BCUT2D eigenvalue weighted by molar-refractivity contribution is 0.211. The Morgan fingerprint density at radius 3 is 2.95 bits per heavy atom. The Morgan fingerprint density at radius 1 is 1.19 bits per heavy atom. The van der Waals surface area contributed by atoms with Crippen molar-refractivity contribution >= 4 is 10.9 Å². The average molecular weight is 274 g/mol. The maximum absolute atomic E-state index is 9.04. The van der Waals surface area contributed by atoms with Crippen molar-refractivity contribution in [2.75, 3.05) is 0 Å². The van der Waals surface area contributed by atoms with Crippen LogP contribution in [-0.4, -0.2) is 10.7 Å². The monoisotopic (exact) mass is 274 g/mol. The van der Waals surface area contributed by atoms with Gasteiger partial charge in [-0.3, -0.25) is 0 Å². The van der Waals surface area contributed by atoms with Gasteiger partial charge in [-0.15, -0.1) is 0 Å². The quantitative estimate of drug-likeness (QED) is 0.717. The van der Waals surface area contributed by atoms with Gasteiger partial charge in [0.2, 0.25) is 0 Å². The van der Waals surface area contributed by atoms with Gasteiger partial charge >= 0.3 is 0 Å². The molecule has 1 aliphatic rings. The van der Waals surface area contributed by atoms with E-state index in [0.29, 0.717) is 5.56 Å². The lowest BCUT2D eigenvalue weighted by atomic mass is 10.1. The first-order valence-corrected chi connectivity index (χ1v) is 7.07. The number of para-hydroxylation sites is 1. The van der Waals surface area contributed by atoms with Crippen molar-refractivity contribution in [1.29, 1.82) is 5.26 Å². The minimum Gasteiger partial charge on any atom is -0.488 e. The zero-order valence-corrected chi connectivity index (χ0v) is 11.5. The number of hydrogen-bond acceptors (Lipinski definition) is 2. The van der Waals surface area contributed by atoms with Crippen LogP contribution in [0.4, 0.5) is 0 Å². The largest absolute Gasteiger partial charge is 0.488 e. The van der Waals surface area contributed by atoms with Gasteiger partial charge in [0, 0.05) is 18.1 Å². The maximum atomic E-state index is 9.04. The fourth-order valence-corrected chi connectivity index (χ4v) is 2.99. The van der Waals surface area contributed by atoms with Crippen LogP contribution in [0.25, 0.3) is 10.9 Å². The Balaban J connectivity index is 1.63. The molecule has 0 saturated heterocycles. The molecule has 0 radical (unpaired) electrons. The molecule has 1 aromatic heterocycles. The van der Waals surface area contributed by atoms with Crippen molar-refractivity contribution in [1.82, 2.24) is 4.57 Å². The van der Waals surface area contributed by atoms with Crippen LogP contribution in [0.1, 0.15) is 11.1 Å². The van der Waals surface area contributed by atoms with E-state index < -0.39 is 0 Å². The molecule has 2 aromatic carbocycles. The van der Waals surface area contributed by atoms with E-state index in [2.05, 4.69) is 35.0 Å². The van der Waals surface area contributed by atoms with Gasteiger partial charge in [0.05, 0.1) is 18.2 Å². The second-order valence-electron chi connectivity index (χ2n) is 5.41. The van der Waals surface area contributed by atoms with E-state index in [9.17, 15) is 0 Å².